The molecule has 4 aromatic rings. The molecule has 1 aliphatic rings. The molecule has 1 aromatic carbocycles. The molecular formula is C25H24F3N7O3. The van der Waals surface area contributed by atoms with Gasteiger partial charge in [0.2, 0.25) is 0 Å². The second-order valence-electron chi connectivity index (χ2n) is 8.96. The predicted octanol–water partition coefficient (Wildman–Crippen LogP) is 3.41. The highest BCUT2D eigenvalue weighted by Gasteiger charge is 2.42. The molecule has 2 N–H and O–H groups in total. The molecule has 3 aromatic heterocycles. The Bertz CT molecular complexity index is 1530. The summed E-state index contributed by atoms with van der Waals surface area (Å²) < 4.78 is 44.6. The molecule has 1 aliphatic heterocycles. The molecule has 0 saturated carbocycles. The number of fused-ring (bicyclic) bond motifs is 2. The Labute approximate surface area is 214 Å². The number of nitrogens with zero attached hydrogens (tertiary/aromatic N) is 5. The number of aryl methyl sites for hydroxylation is 1. The third kappa shape index (κ3) is 4.96. The molecule has 38 heavy (non-hydrogen) atoms. The Morgan fingerprint density at radius 3 is 2.66 bits per heavy atom. The van der Waals surface area contributed by atoms with Crippen LogP contribution in [0.5, 0.6) is 0 Å². The highest BCUT2D eigenvalue weighted by atomic mass is 19.4. The first-order valence-electron chi connectivity index (χ1n) is 11.9. The van der Waals surface area contributed by atoms with Gasteiger partial charge in [-0.15, -0.1) is 5.10 Å². The summed E-state index contributed by atoms with van der Waals surface area (Å²) in [5, 5.41) is 15.1. The van der Waals surface area contributed by atoms with Crippen LogP contribution in [0.3, 0.4) is 0 Å². The van der Waals surface area contributed by atoms with Gasteiger partial charge in [0.05, 0.1) is 23.1 Å². The molecule has 1 saturated heterocycles. The first kappa shape index (κ1) is 25.4. The molecule has 0 radical (unpaired) electrons. The SMILES string of the molecule is Cc1cn2cc(NC(=O)c3ccc(N4CCNCC4)c4ccnnc34)cc(C(C)OC(=O)C(F)(F)F)c2n1. The quantitative estimate of drug-likeness (QED) is 0.380. The number of esters is 1. The van der Waals surface area contributed by atoms with Gasteiger partial charge in [0, 0.05) is 55.2 Å². The number of pyridine rings is 1. The maximum Gasteiger partial charge on any atom is 0.490 e. The van der Waals surface area contributed by atoms with Crippen molar-refractivity contribution in [1.29, 1.82) is 0 Å². The van der Waals surface area contributed by atoms with Crippen molar-refractivity contribution in [3.05, 3.63) is 59.7 Å². The summed E-state index contributed by atoms with van der Waals surface area (Å²) in [4.78, 5) is 31.4. The number of halogens is 3. The van der Waals surface area contributed by atoms with Crippen molar-refractivity contribution >= 4 is 39.8 Å². The van der Waals surface area contributed by atoms with E-state index in [4.69, 9.17) is 0 Å². The summed E-state index contributed by atoms with van der Waals surface area (Å²) in [7, 11) is 0. The number of hydrogen-bond donors (Lipinski definition) is 2. The average Bonchev–Trinajstić information content (AvgIpc) is 3.27. The van der Waals surface area contributed by atoms with Crippen molar-refractivity contribution < 1.29 is 27.5 Å². The summed E-state index contributed by atoms with van der Waals surface area (Å²) in [6.07, 6.45) is -1.62. The second kappa shape index (κ2) is 9.89. The predicted molar refractivity (Wildman–Crippen MR) is 133 cm³/mol. The maximum absolute atomic E-state index is 13.4. The zero-order valence-electron chi connectivity index (χ0n) is 20.5. The molecule has 1 amide bonds. The minimum absolute atomic E-state index is 0.201. The first-order valence-corrected chi connectivity index (χ1v) is 11.9. The molecule has 1 unspecified atom stereocenters. The highest BCUT2D eigenvalue weighted by molar-refractivity contribution is 6.13. The summed E-state index contributed by atoms with van der Waals surface area (Å²) in [6, 6.07) is 6.80. The van der Waals surface area contributed by atoms with Crippen molar-refractivity contribution in [1.82, 2.24) is 24.9 Å². The molecule has 4 heterocycles. The largest absolute Gasteiger partial charge is 0.490 e. The molecule has 0 aliphatic carbocycles. The normalized spacial score (nSPS) is 15.0. The summed E-state index contributed by atoms with van der Waals surface area (Å²) in [5.41, 5.74) is 3.03. The number of hydrogen-bond acceptors (Lipinski definition) is 8. The zero-order chi connectivity index (χ0) is 27.0. The number of carbonyl (C=O) groups excluding carboxylic acids is 2. The van der Waals surface area contributed by atoms with E-state index in [0.717, 1.165) is 37.3 Å². The lowest BCUT2D eigenvalue weighted by Gasteiger charge is -2.30. The van der Waals surface area contributed by atoms with E-state index in [2.05, 4.69) is 35.5 Å². The van der Waals surface area contributed by atoms with Crippen LogP contribution in [0.1, 0.15) is 34.6 Å². The lowest BCUT2D eigenvalue weighted by atomic mass is 10.1. The van der Waals surface area contributed by atoms with E-state index in [1.54, 1.807) is 36.0 Å². The Morgan fingerprint density at radius 1 is 1.16 bits per heavy atom. The summed E-state index contributed by atoms with van der Waals surface area (Å²) >= 11 is 0. The topological polar surface area (TPSA) is 114 Å². The number of nitrogens with one attached hydrogen (secondary N) is 2. The fourth-order valence-corrected chi connectivity index (χ4v) is 4.54. The van der Waals surface area contributed by atoms with Gasteiger partial charge < -0.3 is 24.7 Å². The van der Waals surface area contributed by atoms with E-state index in [0.29, 0.717) is 16.9 Å². The van der Waals surface area contributed by atoms with Crippen molar-refractivity contribution in [2.24, 2.45) is 0 Å². The number of ether oxygens (including phenoxy) is 1. The van der Waals surface area contributed by atoms with Gasteiger partial charge in [-0.2, -0.15) is 18.3 Å². The summed E-state index contributed by atoms with van der Waals surface area (Å²) in [6.45, 7) is 6.34. The molecule has 0 spiro atoms. The minimum atomic E-state index is -5.14. The van der Waals surface area contributed by atoms with Crippen molar-refractivity contribution in [3.63, 3.8) is 0 Å². The fraction of sp³-hybridized carbons (Fsp3) is 0.320. The molecule has 1 fully saturated rings. The monoisotopic (exact) mass is 527 g/mol. The molecule has 1 atom stereocenters. The van der Waals surface area contributed by atoms with Gasteiger partial charge in [-0.05, 0) is 38.1 Å². The van der Waals surface area contributed by atoms with Crippen LogP contribution in [-0.2, 0) is 9.53 Å². The van der Waals surface area contributed by atoms with Gasteiger partial charge in [-0.1, -0.05) is 0 Å². The van der Waals surface area contributed by atoms with E-state index in [1.807, 2.05) is 12.1 Å². The van der Waals surface area contributed by atoms with Crippen LogP contribution in [-0.4, -0.2) is 63.8 Å². The number of piperazine rings is 1. The molecule has 13 heteroatoms. The van der Waals surface area contributed by atoms with E-state index < -0.39 is 24.2 Å². The standard InChI is InChI=1S/C25H24F3N7O3/c1-14-12-35-13-16(11-19(22(35)31-14)15(2)38-24(37)25(26,27)28)32-23(36)18-3-4-20(34-9-7-29-8-10-34)17-5-6-30-33-21(17)18/h3-6,11-13,15,29H,7-10H2,1-2H3,(H,32,36). The summed E-state index contributed by atoms with van der Waals surface area (Å²) in [5.74, 6) is -2.79. The van der Waals surface area contributed by atoms with E-state index in [1.165, 1.54) is 13.0 Å². The van der Waals surface area contributed by atoms with Crippen LogP contribution in [0.2, 0.25) is 0 Å². The van der Waals surface area contributed by atoms with E-state index in [9.17, 15) is 22.8 Å². The lowest BCUT2D eigenvalue weighted by Crippen LogP contribution is -2.43. The van der Waals surface area contributed by atoms with Crippen LogP contribution < -0.4 is 15.5 Å². The minimum Gasteiger partial charge on any atom is -0.451 e. The van der Waals surface area contributed by atoms with Crippen LogP contribution in [0.25, 0.3) is 16.6 Å². The van der Waals surface area contributed by atoms with Crippen LogP contribution in [0.4, 0.5) is 24.5 Å². The Morgan fingerprint density at radius 2 is 1.92 bits per heavy atom. The van der Waals surface area contributed by atoms with Gasteiger partial charge in [-0.3, -0.25) is 4.79 Å². The lowest BCUT2D eigenvalue weighted by molar-refractivity contribution is -0.204. The smallest absolute Gasteiger partial charge is 0.451 e. The molecular weight excluding hydrogens is 503 g/mol. The molecule has 10 nitrogen and oxygen atoms in total. The van der Waals surface area contributed by atoms with Gasteiger partial charge in [0.15, 0.2) is 0 Å². The molecule has 0 bridgehead atoms. The van der Waals surface area contributed by atoms with Crippen molar-refractivity contribution in [2.75, 3.05) is 36.4 Å². The second-order valence-corrected chi connectivity index (χ2v) is 8.96. The third-order valence-electron chi connectivity index (χ3n) is 6.27. The number of imidazole rings is 1. The van der Waals surface area contributed by atoms with E-state index >= 15 is 0 Å². The zero-order valence-corrected chi connectivity index (χ0v) is 20.5. The highest BCUT2D eigenvalue weighted by Crippen LogP contribution is 2.31. The number of anilines is 2. The third-order valence-corrected chi connectivity index (χ3v) is 6.27. The number of carbonyl (C=O) groups is 2. The molecule has 198 valence electrons. The Kier molecular flexibility index (Phi) is 6.61. The average molecular weight is 528 g/mol. The maximum atomic E-state index is 13.4. The number of benzene rings is 1. The van der Waals surface area contributed by atoms with Gasteiger partial charge in [0.25, 0.3) is 5.91 Å². The van der Waals surface area contributed by atoms with Gasteiger partial charge in [0.1, 0.15) is 17.3 Å². The fourth-order valence-electron chi connectivity index (χ4n) is 4.54. The van der Waals surface area contributed by atoms with E-state index in [-0.39, 0.29) is 16.8 Å². The Balaban J connectivity index is 1.48. The Hall–Kier alpha value is -4.26. The van der Waals surface area contributed by atoms with Crippen molar-refractivity contribution in [2.45, 2.75) is 26.1 Å². The number of rotatable bonds is 5. The number of alkyl halides is 3. The molecule has 5 rings (SSSR count). The van der Waals surface area contributed by atoms with Gasteiger partial charge >= 0.3 is 12.1 Å². The first-order chi connectivity index (χ1) is 18.1. The van der Waals surface area contributed by atoms with Crippen LogP contribution in [0, 0.1) is 6.92 Å². The number of amides is 1. The van der Waals surface area contributed by atoms with Crippen LogP contribution in [0.15, 0.2) is 42.9 Å². The van der Waals surface area contributed by atoms with Crippen molar-refractivity contribution in [3.8, 4) is 0 Å². The van der Waals surface area contributed by atoms with Gasteiger partial charge in [-0.25, -0.2) is 9.78 Å². The van der Waals surface area contributed by atoms with Crippen LogP contribution >= 0.6 is 0 Å². The number of aromatic nitrogens is 4.